The molecular weight excluding hydrogens is 539 g/mol. The van der Waals surface area contributed by atoms with Crippen LogP contribution in [0, 0.1) is 5.41 Å². The predicted octanol–water partition coefficient (Wildman–Crippen LogP) is 4.82. The third-order valence-electron chi connectivity index (χ3n) is 8.41. The van der Waals surface area contributed by atoms with Gasteiger partial charge in [-0.25, -0.2) is 4.79 Å². The Morgan fingerprint density at radius 3 is 2.37 bits per heavy atom. The minimum Gasteiger partial charge on any atom is -0.487 e. The first kappa shape index (κ1) is 28.8. The monoisotopic (exact) mass is 573 g/mol. The third-order valence-corrected chi connectivity index (χ3v) is 8.41. The van der Waals surface area contributed by atoms with Crippen LogP contribution in [-0.2, 0) is 17.8 Å². The van der Waals surface area contributed by atoms with Crippen LogP contribution in [0.2, 0.25) is 0 Å². The summed E-state index contributed by atoms with van der Waals surface area (Å²) in [5.41, 5.74) is 5.24. The van der Waals surface area contributed by atoms with Gasteiger partial charge in [-0.1, -0.05) is 23.4 Å². The van der Waals surface area contributed by atoms with E-state index in [4.69, 9.17) is 14.6 Å². The van der Waals surface area contributed by atoms with Gasteiger partial charge in [0.05, 0.1) is 5.52 Å². The molecule has 0 radical (unpaired) electrons. The smallest absolute Gasteiger partial charge is 0.487 e. The molecule has 0 saturated carbocycles. The quantitative estimate of drug-likeness (QED) is 0.462. The number of piperidine rings is 2. The second-order valence-electron chi connectivity index (χ2n) is 11.9. The van der Waals surface area contributed by atoms with E-state index in [1.165, 1.54) is 24.0 Å². The third kappa shape index (κ3) is 6.47. The number of likely N-dealkylation sites (tertiary alicyclic amines) is 2. The Hall–Kier alpha value is -3.67. The number of hydrogen-bond acceptors (Lipinski definition) is 6. The van der Waals surface area contributed by atoms with Crippen molar-refractivity contribution in [3.8, 4) is 5.75 Å². The topological polar surface area (TPSA) is 112 Å². The second kappa shape index (κ2) is 11.0. The molecule has 0 bridgehead atoms. The first-order valence-corrected chi connectivity index (χ1v) is 13.8. The van der Waals surface area contributed by atoms with Crippen molar-refractivity contribution in [3.05, 3.63) is 53.1 Å². The number of alkyl halides is 3. The van der Waals surface area contributed by atoms with Crippen LogP contribution < -0.4 is 4.74 Å². The van der Waals surface area contributed by atoms with E-state index in [-0.39, 0.29) is 11.5 Å². The number of benzene rings is 2. The molecule has 3 aromatic rings. The molecule has 3 aliphatic rings. The minimum atomic E-state index is -5.08. The zero-order valence-corrected chi connectivity index (χ0v) is 23.1. The van der Waals surface area contributed by atoms with Gasteiger partial charge in [-0.2, -0.15) is 13.2 Å². The van der Waals surface area contributed by atoms with Crippen molar-refractivity contribution in [2.24, 2.45) is 5.41 Å². The molecular formula is C29H34F3N5O4. The maximum Gasteiger partial charge on any atom is 0.490 e. The Bertz CT molecular complexity index is 1420. The molecule has 12 heteroatoms. The first-order valence-electron chi connectivity index (χ1n) is 13.8. The van der Waals surface area contributed by atoms with Crippen molar-refractivity contribution >= 4 is 22.9 Å². The van der Waals surface area contributed by atoms with Crippen LogP contribution in [0.4, 0.5) is 13.2 Å². The molecule has 1 amide bonds. The molecule has 4 heterocycles. The summed E-state index contributed by atoms with van der Waals surface area (Å²) in [6.07, 6.45) is 0.511. The van der Waals surface area contributed by atoms with Gasteiger partial charge in [0.2, 0.25) is 0 Å². The molecule has 41 heavy (non-hydrogen) atoms. The van der Waals surface area contributed by atoms with Gasteiger partial charge in [-0.3, -0.25) is 14.8 Å². The number of amides is 1. The highest BCUT2D eigenvalue weighted by molar-refractivity contribution is 5.97. The number of rotatable bonds is 3. The van der Waals surface area contributed by atoms with E-state index < -0.39 is 12.1 Å². The average Bonchev–Trinajstić information content (AvgIpc) is 3.52. The number of carboxylic acid groups (broad SMARTS) is 1. The number of fused-ring (bicyclic) bond motifs is 2. The summed E-state index contributed by atoms with van der Waals surface area (Å²) < 4.78 is 38.0. The number of H-pyrrole nitrogens is 1. The molecule has 1 aromatic heterocycles. The lowest BCUT2D eigenvalue weighted by atomic mass is 9.71. The van der Waals surface area contributed by atoms with Crippen LogP contribution in [0.5, 0.6) is 5.75 Å². The Kier molecular flexibility index (Phi) is 7.71. The minimum absolute atomic E-state index is 0.101. The summed E-state index contributed by atoms with van der Waals surface area (Å²) in [4.78, 5) is 26.6. The second-order valence-corrected chi connectivity index (χ2v) is 11.9. The fourth-order valence-electron chi connectivity index (χ4n) is 6.07. The summed E-state index contributed by atoms with van der Waals surface area (Å²) >= 11 is 0. The number of hydrogen-bond donors (Lipinski definition) is 2. The summed E-state index contributed by atoms with van der Waals surface area (Å²) in [5, 5.41) is 17.8. The Morgan fingerprint density at radius 1 is 1.05 bits per heavy atom. The number of carboxylic acids is 1. The molecule has 0 atom stereocenters. The summed E-state index contributed by atoms with van der Waals surface area (Å²) in [7, 11) is 0. The van der Waals surface area contributed by atoms with Gasteiger partial charge in [0.15, 0.2) is 0 Å². The molecule has 0 aliphatic carbocycles. The van der Waals surface area contributed by atoms with E-state index in [0.29, 0.717) is 11.0 Å². The van der Waals surface area contributed by atoms with Crippen molar-refractivity contribution < 1.29 is 32.6 Å². The molecule has 2 aromatic carbocycles. The van der Waals surface area contributed by atoms with Gasteiger partial charge in [-0.05, 0) is 81.8 Å². The van der Waals surface area contributed by atoms with Gasteiger partial charge in [0, 0.05) is 37.2 Å². The predicted molar refractivity (Wildman–Crippen MR) is 145 cm³/mol. The van der Waals surface area contributed by atoms with E-state index >= 15 is 0 Å². The number of carbonyl (C=O) groups excluding carboxylic acids is 1. The number of aliphatic carboxylic acids is 1. The highest BCUT2D eigenvalue weighted by atomic mass is 19.4. The SMILES string of the molecule is CC1(C)Cc2cccc(CN3CCC4(CC3)CCN(C(=O)c3ccc5[nH]nnc5c3)CC4)c2O1.O=C(O)C(F)(F)F. The maximum absolute atomic E-state index is 13.1. The molecule has 6 rings (SSSR count). The molecule has 2 N–H and O–H groups in total. The van der Waals surface area contributed by atoms with Gasteiger partial charge >= 0.3 is 12.1 Å². The van der Waals surface area contributed by atoms with Crippen molar-refractivity contribution in [1.82, 2.24) is 25.2 Å². The number of halogens is 3. The molecule has 2 saturated heterocycles. The van der Waals surface area contributed by atoms with Gasteiger partial charge in [0.1, 0.15) is 16.9 Å². The lowest BCUT2D eigenvalue weighted by Gasteiger charge is -2.47. The number of nitrogens with zero attached hydrogens (tertiary/aromatic N) is 4. The van der Waals surface area contributed by atoms with E-state index in [2.05, 4.69) is 52.4 Å². The van der Waals surface area contributed by atoms with Crippen molar-refractivity contribution in [2.75, 3.05) is 26.2 Å². The highest BCUT2D eigenvalue weighted by Crippen LogP contribution is 2.43. The van der Waals surface area contributed by atoms with Crippen molar-refractivity contribution in [2.45, 2.75) is 64.3 Å². The lowest BCUT2D eigenvalue weighted by molar-refractivity contribution is -0.192. The van der Waals surface area contributed by atoms with Gasteiger partial charge < -0.3 is 14.7 Å². The van der Waals surface area contributed by atoms with Crippen LogP contribution in [0.1, 0.15) is 61.0 Å². The van der Waals surface area contributed by atoms with E-state index in [0.717, 1.165) is 68.8 Å². The molecule has 3 aliphatic heterocycles. The average molecular weight is 574 g/mol. The standard InChI is InChI=1S/C27H33N5O2.C2HF3O2/c1-26(2)17-20-4-3-5-21(24(20)34-26)18-31-12-8-27(9-13-31)10-14-32(15-11-27)25(33)19-6-7-22-23(16-19)29-30-28-22;3-2(4,5)1(6)7/h3-7,16H,8-15,17-18H2,1-2H3,(H,28,29,30);(H,6,7). The summed E-state index contributed by atoms with van der Waals surface area (Å²) in [5.74, 6) is -1.53. The Morgan fingerprint density at radius 2 is 1.71 bits per heavy atom. The number of aromatic amines is 1. The number of ether oxygens (including phenoxy) is 1. The fraction of sp³-hybridized carbons (Fsp3) is 0.517. The number of carbonyl (C=O) groups is 2. The zero-order valence-electron chi connectivity index (χ0n) is 23.1. The molecule has 0 unspecified atom stereocenters. The number of para-hydroxylation sites is 1. The van der Waals surface area contributed by atoms with E-state index in [1.807, 2.05) is 23.1 Å². The molecule has 1 spiro atoms. The van der Waals surface area contributed by atoms with Crippen LogP contribution in [-0.4, -0.2) is 80.1 Å². The number of aromatic nitrogens is 3. The van der Waals surface area contributed by atoms with Crippen LogP contribution >= 0.6 is 0 Å². The largest absolute Gasteiger partial charge is 0.490 e. The summed E-state index contributed by atoms with van der Waals surface area (Å²) in [6.45, 7) is 9.21. The highest BCUT2D eigenvalue weighted by Gasteiger charge is 2.40. The van der Waals surface area contributed by atoms with E-state index in [9.17, 15) is 18.0 Å². The van der Waals surface area contributed by atoms with Crippen molar-refractivity contribution in [1.29, 1.82) is 0 Å². The normalized spacial score (nSPS) is 19.8. The Balaban J connectivity index is 0.000000431. The van der Waals surface area contributed by atoms with Crippen LogP contribution in [0.3, 0.4) is 0 Å². The van der Waals surface area contributed by atoms with Crippen molar-refractivity contribution in [3.63, 3.8) is 0 Å². The van der Waals surface area contributed by atoms with Gasteiger partial charge in [0.25, 0.3) is 5.91 Å². The molecule has 220 valence electrons. The Labute approximate surface area is 235 Å². The lowest BCUT2D eigenvalue weighted by Crippen LogP contribution is -2.48. The number of nitrogens with one attached hydrogen (secondary N) is 1. The summed E-state index contributed by atoms with van der Waals surface area (Å²) in [6, 6.07) is 12.2. The zero-order chi connectivity index (χ0) is 29.4. The van der Waals surface area contributed by atoms with Gasteiger partial charge in [-0.15, -0.1) is 5.10 Å². The maximum atomic E-state index is 13.1. The van der Waals surface area contributed by atoms with Crippen LogP contribution in [0.15, 0.2) is 36.4 Å². The van der Waals surface area contributed by atoms with Crippen LogP contribution in [0.25, 0.3) is 11.0 Å². The first-order chi connectivity index (χ1) is 19.3. The fourth-order valence-corrected chi connectivity index (χ4v) is 6.07. The molecule has 9 nitrogen and oxygen atoms in total. The van der Waals surface area contributed by atoms with E-state index in [1.54, 1.807) is 0 Å². The molecule has 2 fully saturated rings.